The van der Waals surface area contributed by atoms with Crippen LogP contribution < -0.4 is 5.32 Å². The molecule has 0 radical (unpaired) electrons. The van der Waals surface area contributed by atoms with Crippen LogP contribution in [0.2, 0.25) is 5.02 Å². The van der Waals surface area contributed by atoms with Crippen molar-refractivity contribution in [2.75, 3.05) is 11.1 Å². The fourth-order valence-electron chi connectivity index (χ4n) is 1.92. The molecule has 2 nitrogen and oxygen atoms in total. The molecule has 0 saturated carbocycles. The third kappa shape index (κ3) is 3.61. The van der Waals surface area contributed by atoms with E-state index in [1.54, 1.807) is 0 Å². The maximum atomic E-state index is 13.0. The van der Waals surface area contributed by atoms with E-state index in [4.69, 9.17) is 11.6 Å². The molecular weight excluding hydrogens is 309 g/mol. The molecule has 1 heterocycles. The monoisotopic (exact) mass is 322 g/mol. The van der Waals surface area contributed by atoms with Gasteiger partial charge in [0.2, 0.25) is 0 Å². The van der Waals surface area contributed by atoms with Crippen molar-refractivity contribution in [3.63, 3.8) is 0 Å². The number of hydrogen-bond donors (Lipinski definition) is 1. The van der Waals surface area contributed by atoms with Crippen LogP contribution in [0.5, 0.6) is 0 Å². The lowest BCUT2D eigenvalue weighted by atomic mass is 10.1. The zero-order chi connectivity index (χ0) is 14.8. The number of anilines is 1. The van der Waals surface area contributed by atoms with Crippen LogP contribution in [0.4, 0.5) is 18.9 Å². The Labute approximate surface area is 124 Å². The Morgan fingerprint density at radius 2 is 2.20 bits per heavy atom. The molecule has 1 aliphatic heterocycles. The number of nitrogens with zero attached hydrogens (tertiary/aromatic N) is 1. The zero-order valence-corrected chi connectivity index (χ0v) is 12.4. The summed E-state index contributed by atoms with van der Waals surface area (Å²) in [6.45, 7) is 2.01. The van der Waals surface area contributed by atoms with E-state index in [-0.39, 0.29) is 16.8 Å². The Hall–Kier alpha value is -0.880. The molecule has 0 aromatic heterocycles. The molecule has 0 aliphatic carbocycles. The third-order valence-corrected chi connectivity index (χ3v) is 4.25. The van der Waals surface area contributed by atoms with E-state index in [2.05, 4.69) is 10.3 Å². The van der Waals surface area contributed by atoms with Gasteiger partial charge in [-0.2, -0.15) is 13.2 Å². The Balaban J connectivity index is 2.32. The van der Waals surface area contributed by atoms with Crippen LogP contribution in [0.15, 0.2) is 23.2 Å². The van der Waals surface area contributed by atoms with Gasteiger partial charge in [0, 0.05) is 5.75 Å². The van der Waals surface area contributed by atoms with Crippen LogP contribution >= 0.6 is 23.4 Å². The molecule has 1 aromatic carbocycles. The summed E-state index contributed by atoms with van der Waals surface area (Å²) in [5.41, 5.74) is -0.892. The van der Waals surface area contributed by atoms with Crippen molar-refractivity contribution in [1.29, 1.82) is 0 Å². The Bertz CT molecular complexity index is 517. The van der Waals surface area contributed by atoms with Gasteiger partial charge in [-0.05, 0) is 25.0 Å². The molecule has 0 amide bonds. The summed E-state index contributed by atoms with van der Waals surface area (Å²) in [6.07, 6.45) is -2.63. The fraction of sp³-hybridized carbons (Fsp3) is 0.462. The molecule has 0 fully saturated rings. The van der Waals surface area contributed by atoms with Crippen molar-refractivity contribution in [2.45, 2.75) is 32.0 Å². The second-order valence-corrected chi connectivity index (χ2v) is 5.91. The van der Waals surface area contributed by atoms with Crippen LogP contribution in [-0.2, 0) is 6.18 Å². The maximum Gasteiger partial charge on any atom is 0.418 e. The minimum atomic E-state index is -4.45. The molecule has 0 saturated heterocycles. The number of halogens is 4. The van der Waals surface area contributed by atoms with Crippen molar-refractivity contribution in [2.24, 2.45) is 4.99 Å². The normalized spacial score (nSPS) is 19.6. The highest BCUT2D eigenvalue weighted by Crippen LogP contribution is 2.39. The van der Waals surface area contributed by atoms with Gasteiger partial charge < -0.3 is 5.32 Å². The molecule has 1 aliphatic rings. The first-order chi connectivity index (χ1) is 9.41. The van der Waals surface area contributed by atoms with Gasteiger partial charge in [-0.1, -0.05) is 36.4 Å². The van der Waals surface area contributed by atoms with Crippen molar-refractivity contribution in [3.05, 3.63) is 28.8 Å². The van der Waals surface area contributed by atoms with Crippen molar-refractivity contribution < 1.29 is 13.2 Å². The van der Waals surface area contributed by atoms with E-state index in [0.717, 1.165) is 24.7 Å². The highest BCUT2D eigenvalue weighted by molar-refractivity contribution is 8.14. The van der Waals surface area contributed by atoms with Crippen LogP contribution in [0.3, 0.4) is 0 Å². The second kappa shape index (κ2) is 6.26. The van der Waals surface area contributed by atoms with E-state index >= 15 is 0 Å². The van der Waals surface area contributed by atoms with E-state index in [1.807, 2.05) is 6.92 Å². The number of aliphatic imine (C=N–C) groups is 1. The van der Waals surface area contributed by atoms with Crippen molar-refractivity contribution in [1.82, 2.24) is 0 Å². The molecule has 110 valence electrons. The third-order valence-electron chi connectivity index (χ3n) is 3.01. The average molecular weight is 323 g/mol. The summed E-state index contributed by atoms with van der Waals surface area (Å²) in [6, 6.07) is 3.90. The van der Waals surface area contributed by atoms with Crippen LogP contribution in [-0.4, -0.2) is 17.0 Å². The minimum Gasteiger partial charge on any atom is -0.333 e. The summed E-state index contributed by atoms with van der Waals surface area (Å²) >= 11 is 7.32. The number of benzene rings is 1. The molecule has 0 bridgehead atoms. The predicted molar refractivity (Wildman–Crippen MR) is 78.7 cm³/mol. The highest BCUT2D eigenvalue weighted by atomic mass is 35.5. The Morgan fingerprint density at radius 1 is 1.45 bits per heavy atom. The average Bonchev–Trinajstić information content (AvgIpc) is 2.40. The van der Waals surface area contributed by atoms with Gasteiger partial charge in [0.15, 0.2) is 5.17 Å². The lowest BCUT2D eigenvalue weighted by Gasteiger charge is -2.21. The number of alkyl halides is 3. The Morgan fingerprint density at radius 3 is 2.85 bits per heavy atom. The van der Waals surface area contributed by atoms with Crippen molar-refractivity contribution in [3.8, 4) is 0 Å². The van der Waals surface area contributed by atoms with Gasteiger partial charge in [-0.25, -0.2) is 0 Å². The summed E-state index contributed by atoms with van der Waals surface area (Å²) in [5, 5.41) is 3.29. The topological polar surface area (TPSA) is 24.4 Å². The summed E-state index contributed by atoms with van der Waals surface area (Å²) in [7, 11) is 0. The molecule has 1 aromatic rings. The molecule has 1 atom stereocenters. The number of para-hydroxylation sites is 1. The zero-order valence-electron chi connectivity index (χ0n) is 10.8. The lowest BCUT2D eigenvalue weighted by Crippen LogP contribution is -2.21. The molecule has 1 unspecified atom stereocenters. The first-order valence-electron chi connectivity index (χ1n) is 6.25. The number of hydrogen-bond acceptors (Lipinski definition) is 3. The van der Waals surface area contributed by atoms with Gasteiger partial charge >= 0.3 is 6.18 Å². The van der Waals surface area contributed by atoms with E-state index in [0.29, 0.717) is 5.17 Å². The molecule has 1 N–H and O–H groups in total. The van der Waals surface area contributed by atoms with Gasteiger partial charge in [-0.15, -0.1) is 0 Å². The van der Waals surface area contributed by atoms with E-state index in [9.17, 15) is 13.2 Å². The summed E-state index contributed by atoms with van der Waals surface area (Å²) in [5.74, 6) is 0.843. The maximum absolute atomic E-state index is 13.0. The Kier molecular flexibility index (Phi) is 4.86. The lowest BCUT2D eigenvalue weighted by molar-refractivity contribution is -0.136. The van der Waals surface area contributed by atoms with Crippen molar-refractivity contribution >= 4 is 34.2 Å². The smallest absolute Gasteiger partial charge is 0.333 e. The highest BCUT2D eigenvalue weighted by Gasteiger charge is 2.34. The number of nitrogens with one attached hydrogen (secondary N) is 1. The summed E-state index contributed by atoms with van der Waals surface area (Å²) < 4.78 is 38.9. The largest absolute Gasteiger partial charge is 0.418 e. The van der Waals surface area contributed by atoms with Gasteiger partial charge in [0.25, 0.3) is 0 Å². The van der Waals surface area contributed by atoms with Gasteiger partial charge in [0.1, 0.15) is 0 Å². The van der Waals surface area contributed by atoms with Gasteiger partial charge in [-0.3, -0.25) is 4.99 Å². The number of thioether (sulfide) groups is 1. The molecular formula is C13H14ClF3N2S. The standard InChI is InChI=1S/C13H14ClF3N2S/c1-2-8-6-7-20-12(18-8)19-11-9(13(15,16)17)4-3-5-10(11)14/h3-5,8H,2,6-7H2,1H3,(H,18,19). The first-order valence-corrected chi connectivity index (χ1v) is 7.61. The molecule has 7 heteroatoms. The SMILES string of the molecule is CCC1CCSC(Nc2c(Cl)cccc2C(F)(F)F)=N1. The van der Waals surface area contributed by atoms with Crippen LogP contribution in [0, 0.1) is 0 Å². The quantitative estimate of drug-likeness (QED) is 0.824. The fourth-order valence-corrected chi connectivity index (χ4v) is 3.12. The predicted octanol–water partition coefficient (Wildman–Crippen LogP) is 5.04. The van der Waals surface area contributed by atoms with Crippen LogP contribution in [0.25, 0.3) is 0 Å². The van der Waals surface area contributed by atoms with Gasteiger partial charge in [0.05, 0.1) is 22.3 Å². The van der Waals surface area contributed by atoms with Crippen LogP contribution in [0.1, 0.15) is 25.3 Å². The first kappa shape index (κ1) is 15.5. The molecule has 2 rings (SSSR count). The van der Waals surface area contributed by atoms with E-state index < -0.39 is 11.7 Å². The van der Waals surface area contributed by atoms with E-state index in [1.165, 1.54) is 23.9 Å². The summed E-state index contributed by atoms with van der Waals surface area (Å²) in [4.78, 5) is 4.40. The number of amidine groups is 1. The molecule has 20 heavy (non-hydrogen) atoms. The number of rotatable bonds is 2. The molecule has 0 spiro atoms. The second-order valence-electron chi connectivity index (χ2n) is 4.42. The minimum absolute atomic E-state index is 0.0433.